The molecule has 1 aromatic carbocycles. The van der Waals surface area contributed by atoms with Crippen molar-refractivity contribution in [2.75, 3.05) is 6.54 Å². The lowest BCUT2D eigenvalue weighted by atomic mass is 10.1. The quantitative estimate of drug-likeness (QED) is 0.855. The lowest BCUT2D eigenvalue weighted by Crippen LogP contribution is -2.31. The van der Waals surface area contributed by atoms with Gasteiger partial charge in [-0.25, -0.2) is 0 Å². The molecule has 2 atom stereocenters. The Labute approximate surface area is 133 Å². The van der Waals surface area contributed by atoms with E-state index in [2.05, 4.69) is 15.1 Å². The fourth-order valence-electron chi connectivity index (χ4n) is 3.48. The van der Waals surface area contributed by atoms with Crippen LogP contribution in [0.2, 0.25) is 10.0 Å². The largest absolute Gasteiger partial charge is 0.419 e. The summed E-state index contributed by atoms with van der Waals surface area (Å²) < 4.78 is 5.77. The topological polar surface area (TPSA) is 42.2 Å². The number of likely N-dealkylation sites (tertiary alicyclic amines) is 1. The van der Waals surface area contributed by atoms with Gasteiger partial charge in [0.15, 0.2) is 0 Å². The molecule has 0 spiro atoms. The predicted octanol–water partition coefficient (Wildman–Crippen LogP) is 4.03. The van der Waals surface area contributed by atoms with Crippen molar-refractivity contribution in [3.05, 3.63) is 34.1 Å². The van der Waals surface area contributed by atoms with Gasteiger partial charge < -0.3 is 4.42 Å². The van der Waals surface area contributed by atoms with Crippen LogP contribution in [0.25, 0.3) is 11.5 Å². The number of rotatable bonds is 3. The number of aromatic nitrogens is 2. The molecular weight excluding hydrogens is 309 g/mol. The van der Waals surface area contributed by atoms with Crippen molar-refractivity contribution in [2.45, 2.75) is 31.8 Å². The van der Waals surface area contributed by atoms with Crippen LogP contribution in [0.4, 0.5) is 0 Å². The highest BCUT2D eigenvalue weighted by molar-refractivity contribution is 6.36. The molecule has 4 nitrogen and oxygen atoms in total. The summed E-state index contributed by atoms with van der Waals surface area (Å²) in [7, 11) is 0. The van der Waals surface area contributed by atoms with Crippen LogP contribution in [-0.2, 0) is 6.54 Å². The molecule has 2 fully saturated rings. The minimum atomic E-state index is 0.455. The molecule has 1 aromatic heterocycles. The molecule has 1 aliphatic carbocycles. The van der Waals surface area contributed by atoms with Gasteiger partial charge in [0.1, 0.15) is 0 Å². The third-order valence-electron chi connectivity index (χ3n) is 4.49. The fourth-order valence-corrected chi connectivity index (χ4v) is 3.97. The first-order chi connectivity index (χ1) is 10.2. The van der Waals surface area contributed by atoms with Gasteiger partial charge in [-0.15, -0.1) is 10.2 Å². The maximum absolute atomic E-state index is 6.17. The van der Waals surface area contributed by atoms with E-state index < -0.39 is 0 Å². The summed E-state index contributed by atoms with van der Waals surface area (Å²) >= 11 is 12.1. The Bertz CT molecular complexity index is 673. The standard InChI is InChI=1S/C15H15Cl2N3O/c16-10-2-4-12(13(17)6-10)15-19-18-14(21-15)8-20-7-9-1-3-11(20)5-9/h2,4,6,9,11H,1,3,5,7-8H2. The fraction of sp³-hybridized carbons (Fsp3) is 0.467. The Morgan fingerprint density at radius 3 is 2.86 bits per heavy atom. The second-order valence-electron chi connectivity index (χ2n) is 5.89. The maximum atomic E-state index is 6.17. The van der Waals surface area contributed by atoms with Crippen LogP contribution in [0.3, 0.4) is 0 Å². The summed E-state index contributed by atoms with van der Waals surface area (Å²) in [5, 5.41) is 9.38. The van der Waals surface area contributed by atoms with Gasteiger partial charge in [-0.3, -0.25) is 4.90 Å². The lowest BCUT2D eigenvalue weighted by Gasteiger charge is -2.24. The van der Waals surface area contributed by atoms with Crippen molar-refractivity contribution < 1.29 is 4.42 Å². The minimum Gasteiger partial charge on any atom is -0.419 e. The van der Waals surface area contributed by atoms with E-state index >= 15 is 0 Å². The molecular formula is C15H15Cl2N3O. The second kappa shape index (κ2) is 5.27. The van der Waals surface area contributed by atoms with Gasteiger partial charge >= 0.3 is 0 Å². The number of benzene rings is 1. The van der Waals surface area contributed by atoms with Crippen molar-refractivity contribution in [2.24, 2.45) is 5.92 Å². The molecule has 2 aromatic rings. The van der Waals surface area contributed by atoms with E-state index in [0.717, 1.165) is 24.6 Å². The zero-order chi connectivity index (χ0) is 14.4. The number of hydrogen-bond acceptors (Lipinski definition) is 4. The third-order valence-corrected chi connectivity index (χ3v) is 5.04. The van der Waals surface area contributed by atoms with E-state index in [1.54, 1.807) is 18.2 Å². The molecule has 0 amide bonds. The second-order valence-corrected chi connectivity index (χ2v) is 6.73. The third kappa shape index (κ3) is 2.56. The number of halogens is 2. The van der Waals surface area contributed by atoms with E-state index in [9.17, 15) is 0 Å². The van der Waals surface area contributed by atoms with Gasteiger partial charge in [0, 0.05) is 17.6 Å². The molecule has 2 bridgehead atoms. The van der Waals surface area contributed by atoms with Crippen molar-refractivity contribution in [3.8, 4) is 11.5 Å². The monoisotopic (exact) mass is 323 g/mol. The lowest BCUT2D eigenvalue weighted by molar-refractivity contribution is 0.187. The molecule has 2 aliphatic rings. The first-order valence-corrected chi connectivity index (χ1v) is 7.96. The molecule has 1 aliphatic heterocycles. The van der Waals surface area contributed by atoms with Crippen molar-refractivity contribution in [1.29, 1.82) is 0 Å². The summed E-state index contributed by atoms with van der Waals surface area (Å²) in [5.74, 6) is 1.97. The smallest absolute Gasteiger partial charge is 0.249 e. The van der Waals surface area contributed by atoms with Crippen LogP contribution in [0.15, 0.2) is 22.6 Å². The van der Waals surface area contributed by atoms with Crippen LogP contribution in [0.1, 0.15) is 25.2 Å². The molecule has 0 radical (unpaired) electrons. The Morgan fingerprint density at radius 1 is 1.24 bits per heavy atom. The van der Waals surface area contributed by atoms with E-state index in [1.165, 1.54) is 19.3 Å². The van der Waals surface area contributed by atoms with E-state index in [0.29, 0.717) is 27.9 Å². The van der Waals surface area contributed by atoms with Crippen molar-refractivity contribution >= 4 is 23.2 Å². The molecule has 2 heterocycles. The van der Waals surface area contributed by atoms with E-state index in [1.807, 2.05) is 0 Å². The molecule has 4 rings (SSSR count). The van der Waals surface area contributed by atoms with Crippen LogP contribution in [0, 0.1) is 5.92 Å². The van der Waals surface area contributed by atoms with Gasteiger partial charge in [-0.2, -0.15) is 0 Å². The zero-order valence-corrected chi connectivity index (χ0v) is 12.9. The summed E-state index contributed by atoms with van der Waals surface area (Å²) in [5.41, 5.74) is 0.725. The van der Waals surface area contributed by atoms with Gasteiger partial charge in [-0.1, -0.05) is 23.2 Å². The molecule has 1 saturated carbocycles. The van der Waals surface area contributed by atoms with Crippen molar-refractivity contribution in [1.82, 2.24) is 15.1 Å². The number of hydrogen-bond donors (Lipinski definition) is 0. The summed E-state index contributed by atoms with van der Waals surface area (Å²) in [6, 6.07) is 5.96. The number of nitrogens with zero attached hydrogens (tertiary/aromatic N) is 3. The van der Waals surface area contributed by atoms with E-state index in [4.69, 9.17) is 27.6 Å². The zero-order valence-electron chi connectivity index (χ0n) is 11.4. The molecule has 6 heteroatoms. The summed E-state index contributed by atoms with van der Waals surface area (Å²) in [4.78, 5) is 2.45. The van der Waals surface area contributed by atoms with Crippen LogP contribution in [0.5, 0.6) is 0 Å². The SMILES string of the molecule is Clc1ccc(-c2nnc(CN3CC4CCC3C4)o2)c(Cl)c1. The Kier molecular flexibility index (Phi) is 3.40. The van der Waals surface area contributed by atoms with Crippen LogP contribution >= 0.6 is 23.2 Å². The molecule has 2 unspecified atom stereocenters. The number of piperidine rings is 1. The number of fused-ring (bicyclic) bond motifs is 2. The van der Waals surface area contributed by atoms with Gasteiger partial charge in [0.2, 0.25) is 11.8 Å². The highest BCUT2D eigenvalue weighted by atomic mass is 35.5. The van der Waals surface area contributed by atoms with E-state index in [-0.39, 0.29) is 0 Å². The predicted molar refractivity (Wildman–Crippen MR) is 81.3 cm³/mol. The average Bonchev–Trinajstić information content (AvgIpc) is 3.15. The van der Waals surface area contributed by atoms with Crippen LogP contribution < -0.4 is 0 Å². The van der Waals surface area contributed by atoms with Gasteiger partial charge in [0.05, 0.1) is 17.1 Å². The maximum Gasteiger partial charge on any atom is 0.249 e. The average molecular weight is 324 g/mol. The van der Waals surface area contributed by atoms with Crippen LogP contribution in [-0.4, -0.2) is 27.7 Å². The van der Waals surface area contributed by atoms with Crippen molar-refractivity contribution in [3.63, 3.8) is 0 Å². The summed E-state index contributed by atoms with van der Waals surface area (Å²) in [6.45, 7) is 1.89. The molecule has 21 heavy (non-hydrogen) atoms. The molecule has 1 saturated heterocycles. The first-order valence-electron chi connectivity index (χ1n) is 7.21. The van der Waals surface area contributed by atoms with Gasteiger partial charge in [-0.05, 0) is 43.4 Å². The van der Waals surface area contributed by atoms with Gasteiger partial charge in [0.25, 0.3) is 0 Å². The normalized spacial score (nSPS) is 24.9. The molecule has 110 valence electrons. The molecule has 0 N–H and O–H groups in total. The Morgan fingerprint density at radius 2 is 2.14 bits per heavy atom. The Balaban J connectivity index is 1.53. The summed E-state index contributed by atoms with van der Waals surface area (Å²) in [6.07, 6.45) is 4.00. The minimum absolute atomic E-state index is 0.455. The highest BCUT2D eigenvalue weighted by Crippen LogP contribution is 2.38. The Hall–Kier alpha value is -1.10. The first kappa shape index (κ1) is 13.6. The highest BCUT2D eigenvalue weighted by Gasteiger charge is 2.38.